The quantitative estimate of drug-likeness (QED) is 0.385. The maximum atomic E-state index is 8.69. The Morgan fingerprint density at radius 1 is 1.88 bits per heavy atom. The van der Waals surface area contributed by atoms with Crippen molar-refractivity contribution in [2.24, 2.45) is 5.50 Å². The van der Waals surface area contributed by atoms with Crippen molar-refractivity contribution in [3.05, 3.63) is 0 Å². The largest absolute Gasteiger partial charge is 0.339 e. The molecule has 0 aliphatic rings. The second kappa shape index (κ2) is 2.85. The van der Waals surface area contributed by atoms with Gasteiger partial charge in [-0.05, 0) is 18.7 Å². The van der Waals surface area contributed by atoms with Crippen molar-refractivity contribution in [1.82, 2.24) is 5.09 Å². The van der Waals surface area contributed by atoms with E-state index in [1.165, 1.54) is 0 Å². The molecule has 0 saturated heterocycles. The first kappa shape index (κ1) is 8.46. The Bertz CT molecular complexity index is 141. The normalized spacial score (nSPS) is 16.9. The predicted octanol–water partition coefficient (Wildman–Crippen LogP) is 0.0988. The van der Waals surface area contributed by atoms with Crippen LogP contribution in [0.25, 0.3) is 0 Å². The molecule has 4 N–H and O–H groups in total. The van der Waals surface area contributed by atoms with Crippen LogP contribution in [0.5, 0.6) is 0 Å². The lowest BCUT2D eigenvalue weighted by Crippen LogP contribution is -2.18. The van der Waals surface area contributed by atoms with Crippen molar-refractivity contribution in [3.63, 3.8) is 0 Å². The van der Waals surface area contributed by atoms with E-state index in [4.69, 9.17) is 10.4 Å². The third-order valence-corrected chi connectivity index (χ3v) is 1.50. The standard InChI is InChI=1S/C2H7N2OPS2/c1-2(7)4-6(3,5)8/h1H3,(H4,3,4,5,7,8). The first-order valence-corrected chi connectivity index (χ1v) is 5.05. The molecular weight excluding hydrogens is 163 g/mol. The summed E-state index contributed by atoms with van der Waals surface area (Å²) in [4.78, 5) is 9.12. The molecule has 0 bridgehead atoms. The lowest BCUT2D eigenvalue weighted by Gasteiger charge is -2.08. The molecule has 0 saturated carbocycles. The van der Waals surface area contributed by atoms with Gasteiger partial charge < -0.3 is 9.98 Å². The van der Waals surface area contributed by atoms with Crippen LogP contribution in [0.3, 0.4) is 0 Å². The van der Waals surface area contributed by atoms with Gasteiger partial charge in [-0.25, -0.2) is 0 Å². The van der Waals surface area contributed by atoms with Crippen molar-refractivity contribution in [1.29, 1.82) is 0 Å². The summed E-state index contributed by atoms with van der Waals surface area (Å²) in [5.74, 6) is 0. The highest BCUT2D eigenvalue weighted by molar-refractivity contribution is 8.10. The van der Waals surface area contributed by atoms with Crippen LogP contribution in [0.4, 0.5) is 0 Å². The monoisotopic (exact) mass is 170 g/mol. The fourth-order valence-corrected chi connectivity index (χ4v) is 1.68. The second-order valence-electron chi connectivity index (χ2n) is 1.29. The van der Waals surface area contributed by atoms with E-state index in [0.717, 1.165) is 0 Å². The fraction of sp³-hybridized carbons (Fsp3) is 0.500. The molecule has 0 aliphatic heterocycles. The molecule has 3 nitrogen and oxygen atoms in total. The minimum Gasteiger partial charge on any atom is -0.339 e. The third-order valence-electron chi connectivity index (χ3n) is 0.318. The predicted molar refractivity (Wildman–Crippen MR) is 42.1 cm³/mol. The number of rotatable bonds is 1. The molecule has 6 heteroatoms. The summed E-state index contributed by atoms with van der Waals surface area (Å²) in [7, 11) is 0. The van der Waals surface area contributed by atoms with Crippen molar-refractivity contribution >= 4 is 35.6 Å². The Morgan fingerprint density at radius 3 is 2.25 bits per heavy atom. The number of hydrogen-bond acceptors (Lipinski definition) is 2. The Labute approximate surface area is 58.5 Å². The second-order valence-corrected chi connectivity index (χ2v) is 5.04. The Kier molecular flexibility index (Phi) is 3.01. The molecule has 48 valence electrons. The molecule has 0 aromatic heterocycles. The van der Waals surface area contributed by atoms with E-state index < -0.39 is 6.57 Å². The minimum atomic E-state index is -2.78. The van der Waals surface area contributed by atoms with E-state index in [1.807, 2.05) is 0 Å². The Balaban J connectivity index is 3.74. The molecule has 8 heavy (non-hydrogen) atoms. The average molecular weight is 170 g/mol. The molecule has 0 spiro atoms. The highest BCUT2D eigenvalue weighted by atomic mass is 32.4. The van der Waals surface area contributed by atoms with Crippen LogP contribution >= 0.6 is 18.8 Å². The molecule has 0 heterocycles. The van der Waals surface area contributed by atoms with E-state index >= 15 is 0 Å². The topological polar surface area (TPSA) is 58.3 Å². The fourth-order valence-electron chi connectivity index (χ4n) is 0.226. The van der Waals surface area contributed by atoms with Crippen molar-refractivity contribution < 1.29 is 4.89 Å². The maximum absolute atomic E-state index is 8.69. The number of hydrogen-bond donors (Lipinski definition) is 3. The Morgan fingerprint density at radius 2 is 2.25 bits per heavy atom. The summed E-state index contributed by atoms with van der Waals surface area (Å²) >= 11 is 8.96. The molecule has 0 radical (unpaired) electrons. The first-order chi connectivity index (χ1) is 3.42. The minimum absolute atomic E-state index is 0.429. The maximum Gasteiger partial charge on any atom is 0.218 e. The summed E-state index contributed by atoms with van der Waals surface area (Å²) in [6, 6.07) is 0. The van der Waals surface area contributed by atoms with Crippen molar-refractivity contribution in [2.75, 3.05) is 0 Å². The van der Waals surface area contributed by atoms with Crippen LogP contribution in [0.15, 0.2) is 0 Å². The highest BCUT2D eigenvalue weighted by Crippen LogP contribution is 2.22. The summed E-state index contributed by atoms with van der Waals surface area (Å²) in [6.45, 7) is -1.17. The molecule has 0 aromatic rings. The molecule has 0 aliphatic carbocycles. The third kappa shape index (κ3) is 6.46. The van der Waals surface area contributed by atoms with Crippen LogP contribution in [0.1, 0.15) is 6.92 Å². The van der Waals surface area contributed by atoms with Crippen molar-refractivity contribution in [2.45, 2.75) is 6.92 Å². The molecular formula is C2H7N2OPS2. The van der Waals surface area contributed by atoms with E-state index in [0.29, 0.717) is 4.99 Å². The van der Waals surface area contributed by atoms with Crippen LogP contribution in [-0.4, -0.2) is 9.88 Å². The SMILES string of the molecule is CC(=S)NP(N)(O)=S. The van der Waals surface area contributed by atoms with Crippen LogP contribution < -0.4 is 10.6 Å². The number of nitrogens with one attached hydrogen (secondary N) is 1. The summed E-state index contributed by atoms with van der Waals surface area (Å²) in [6.07, 6.45) is 0. The average Bonchev–Trinajstić information content (AvgIpc) is 1.21. The highest BCUT2D eigenvalue weighted by Gasteiger charge is 2.01. The van der Waals surface area contributed by atoms with Gasteiger partial charge >= 0.3 is 0 Å². The van der Waals surface area contributed by atoms with E-state index in [-0.39, 0.29) is 0 Å². The van der Waals surface area contributed by atoms with Crippen LogP contribution in [0, 0.1) is 0 Å². The van der Waals surface area contributed by atoms with Gasteiger partial charge in [0.25, 0.3) is 0 Å². The van der Waals surface area contributed by atoms with Gasteiger partial charge in [-0.2, -0.15) is 0 Å². The van der Waals surface area contributed by atoms with Gasteiger partial charge in [-0.3, -0.25) is 5.50 Å². The van der Waals surface area contributed by atoms with Gasteiger partial charge in [0.05, 0.1) is 4.99 Å². The Hall–Kier alpha value is 0.460. The lowest BCUT2D eigenvalue weighted by molar-refractivity contribution is 0.618. The van der Waals surface area contributed by atoms with Gasteiger partial charge in [-0.1, -0.05) is 12.2 Å². The van der Waals surface area contributed by atoms with Gasteiger partial charge in [0.15, 0.2) is 0 Å². The number of nitrogens with two attached hydrogens (primary N) is 1. The molecule has 0 aromatic carbocycles. The zero-order chi connectivity index (χ0) is 6.78. The van der Waals surface area contributed by atoms with Gasteiger partial charge in [0.1, 0.15) is 0 Å². The zero-order valence-electron chi connectivity index (χ0n) is 4.29. The zero-order valence-corrected chi connectivity index (χ0v) is 6.82. The van der Waals surface area contributed by atoms with Gasteiger partial charge in [0.2, 0.25) is 6.57 Å². The molecule has 1 atom stereocenters. The smallest absolute Gasteiger partial charge is 0.218 e. The van der Waals surface area contributed by atoms with Crippen molar-refractivity contribution in [3.8, 4) is 0 Å². The lowest BCUT2D eigenvalue weighted by atomic mass is 10.8. The molecule has 1 unspecified atom stereocenters. The van der Waals surface area contributed by atoms with E-state index in [9.17, 15) is 0 Å². The molecule has 0 amide bonds. The van der Waals surface area contributed by atoms with Crippen LogP contribution in [0.2, 0.25) is 0 Å². The summed E-state index contributed by atoms with van der Waals surface area (Å²) in [5.41, 5.74) is 5.02. The van der Waals surface area contributed by atoms with Crippen LogP contribution in [-0.2, 0) is 11.8 Å². The van der Waals surface area contributed by atoms with Gasteiger partial charge in [0, 0.05) is 0 Å². The van der Waals surface area contributed by atoms with E-state index in [1.54, 1.807) is 6.92 Å². The molecule has 0 rings (SSSR count). The molecule has 0 fully saturated rings. The number of thiocarbonyl (C=S) groups is 1. The van der Waals surface area contributed by atoms with E-state index in [2.05, 4.69) is 29.1 Å². The summed E-state index contributed by atoms with van der Waals surface area (Å²) < 4.78 is 0. The van der Waals surface area contributed by atoms with Gasteiger partial charge in [-0.15, -0.1) is 0 Å². The summed E-state index contributed by atoms with van der Waals surface area (Å²) in [5, 5.41) is 2.37. The first-order valence-electron chi connectivity index (χ1n) is 1.82.